The topological polar surface area (TPSA) is 55.4 Å². The Labute approximate surface area is 124 Å². The second kappa shape index (κ2) is 5.20. The highest BCUT2D eigenvalue weighted by Crippen LogP contribution is 2.45. The lowest BCUT2D eigenvalue weighted by molar-refractivity contribution is 0.385. The number of ether oxygens (including phenoxy) is 1. The Hall–Kier alpha value is -0.780. The summed E-state index contributed by atoms with van der Waals surface area (Å²) in [4.78, 5) is 0.121. The molecule has 0 saturated heterocycles. The molecule has 3 rings (SSSR count). The highest BCUT2D eigenvalue weighted by Gasteiger charge is 2.41. The predicted octanol–water partition coefficient (Wildman–Crippen LogP) is 2.82. The molecule has 2 aliphatic rings. The maximum Gasteiger partial charge on any atom is 0.244 e. The van der Waals surface area contributed by atoms with Gasteiger partial charge in [-0.25, -0.2) is 13.1 Å². The van der Waals surface area contributed by atoms with Crippen LogP contribution in [0.4, 0.5) is 0 Å². The van der Waals surface area contributed by atoms with Crippen LogP contribution in [0.1, 0.15) is 25.7 Å². The van der Waals surface area contributed by atoms with Gasteiger partial charge in [0.25, 0.3) is 0 Å². The van der Waals surface area contributed by atoms with Crippen molar-refractivity contribution in [3.05, 3.63) is 23.2 Å². The van der Waals surface area contributed by atoms with E-state index in [-0.39, 0.29) is 10.9 Å². The average molecular weight is 316 g/mol. The van der Waals surface area contributed by atoms with E-state index in [2.05, 4.69) is 4.72 Å². The maximum atomic E-state index is 12.5. The van der Waals surface area contributed by atoms with Crippen molar-refractivity contribution in [3.63, 3.8) is 0 Å². The van der Waals surface area contributed by atoms with Crippen molar-refractivity contribution in [2.45, 2.75) is 36.6 Å². The van der Waals surface area contributed by atoms with Crippen LogP contribution >= 0.6 is 11.6 Å². The van der Waals surface area contributed by atoms with Crippen LogP contribution in [0, 0.1) is 11.8 Å². The van der Waals surface area contributed by atoms with E-state index in [1.54, 1.807) is 12.1 Å². The minimum Gasteiger partial charge on any atom is -0.495 e. The van der Waals surface area contributed by atoms with E-state index in [9.17, 15) is 8.42 Å². The highest BCUT2D eigenvalue weighted by atomic mass is 35.5. The lowest BCUT2D eigenvalue weighted by atomic mass is 9.96. The van der Waals surface area contributed by atoms with Gasteiger partial charge in [0.05, 0.1) is 7.11 Å². The molecule has 4 nitrogen and oxygen atoms in total. The third-order valence-corrected chi connectivity index (χ3v) is 6.21. The summed E-state index contributed by atoms with van der Waals surface area (Å²) in [5, 5.41) is 0.388. The van der Waals surface area contributed by atoms with Crippen molar-refractivity contribution in [1.82, 2.24) is 4.72 Å². The Bertz CT molecular complexity index is 617. The largest absolute Gasteiger partial charge is 0.495 e. The van der Waals surface area contributed by atoms with Gasteiger partial charge in [0, 0.05) is 11.1 Å². The fourth-order valence-corrected chi connectivity index (χ4v) is 5.26. The summed E-state index contributed by atoms with van der Waals surface area (Å²) < 4.78 is 33.1. The Balaban J connectivity index is 1.86. The summed E-state index contributed by atoms with van der Waals surface area (Å²) in [6.45, 7) is 0. The summed E-state index contributed by atoms with van der Waals surface area (Å²) in [6, 6.07) is 4.70. The van der Waals surface area contributed by atoms with Gasteiger partial charge in [0.1, 0.15) is 10.6 Å². The van der Waals surface area contributed by atoms with Crippen LogP contribution in [0.25, 0.3) is 0 Å². The molecular formula is C14H18ClNO3S. The van der Waals surface area contributed by atoms with Gasteiger partial charge in [-0.1, -0.05) is 18.0 Å². The van der Waals surface area contributed by atoms with E-state index in [1.165, 1.54) is 19.6 Å². The molecule has 2 saturated carbocycles. The van der Waals surface area contributed by atoms with Crippen LogP contribution in [0.5, 0.6) is 5.75 Å². The standard InChI is InChI=1S/C14H18ClNO3S/c1-19-13-5-4-11(15)8-14(13)20(17,18)16-12-7-9-2-3-10(12)6-9/h4-5,8-10,12,16H,2-3,6-7H2,1H3/t9-,10-,12+/m0/s1. The van der Waals surface area contributed by atoms with Gasteiger partial charge >= 0.3 is 0 Å². The van der Waals surface area contributed by atoms with Crippen molar-refractivity contribution >= 4 is 21.6 Å². The van der Waals surface area contributed by atoms with Gasteiger partial charge in [-0.15, -0.1) is 0 Å². The van der Waals surface area contributed by atoms with Crippen LogP contribution in [0.15, 0.2) is 23.1 Å². The minimum absolute atomic E-state index is 0.0578. The Morgan fingerprint density at radius 1 is 1.30 bits per heavy atom. The molecule has 0 spiro atoms. The van der Waals surface area contributed by atoms with E-state index in [4.69, 9.17) is 16.3 Å². The normalized spacial score (nSPS) is 28.8. The molecule has 3 atom stereocenters. The quantitative estimate of drug-likeness (QED) is 0.929. The molecule has 0 aromatic heterocycles. The molecule has 1 N–H and O–H groups in total. The molecule has 6 heteroatoms. The summed E-state index contributed by atoms with van der Waals surface area (Å²) in [7, 11) is -2.13. The van der Waals surface area contributed by atoms with E-state index >= 15 is 0 Å². The molecule has 2 bridgehead atoms. The summed E-state index contributed by atoms with van der Waals surface area (Å²) >= 11 is 5.91. The first-order valence-corrected chi connectivity index (χ1v) is 8.71. The smallest absolute Gasteiger partial charge is 0.244 e. The van der Waals surface area contributed by atoms with Crippen LogP contribution < -0.4 is 9.46 Å². The molecule has 110 valence electrons. The lowest BCUT2D eigenvalue weighted by Crippen LogP contribution is -2.38. The van der Waals surface area contributed by atoms with E-state index in [1.807, 2.05) is 0 Å². The zero-order valence-electron chi connectivity index (χ0n) is 11.3. The Kier molecular flexibility index (Phi) is 3.69. The van der Waals surface area contributed by atoms with E-state index < -0.39 is 10.0 Å². The number of halogens is 1. The molecule has 0 unspecified atom stereocenters. The van der Waals surface area contributed by atoms with Crippen LogP contribution in [0.3, 0.4) is 0 Å². The minimum atomic E-state index is -3.59. The summed E-state index contributed by atoms with van der Waals surface area (Å²) in [6.07, 6.45) is 4.47. The average Bonchev–Trinajstić information content (AvgIpc) is 3.00. The monoisotopic (exact) mass is 315 g/mol. The number of methoxy groups -OCH3 is 1. The van der Waals surface area contributed by atoms with Crippen molar-refractivity contribution in [2.75, 3.05) is 7.11 Å². The van der Waals surface area contributed by atoms with Crippen molar-refractivity contribution < 1.29 is 13.2 Å². The molecule has 0 amide bonds. The van der Waals surface area contributed by atoms with Crippen LogP contribution in [-0.2, 0) is 10.0 Å². The van der Waals surface area contributed by atoms with Gasteiger partial charge in [0.15, 0.2) is 0 Å². The van der Waals surface area contributed by atoms with E-state index in [0.29, 0.717) is 22.6 Å². The highest BCUT2D eigenvalue weighted by molar-refractivity contribution is 7.89. The zero-order chi connectivity index (χ0) is 14.3. The summed E-state index contributed by atoms with van der Waals surface area (Å²) in [5.41, 5.74) is 0. The molecular weight excluding hydrogens is 298 g/mol. The first kappa shape index (κ1) is 14.2. The second-order valence-electron chi connectivity index (χ2n) is 5.70. The number of hydrogen-bond donors (Lipinski definition) is 1. The molecule has 2 aliphatic carbocycles. The first-order chi connectivity index (χ1) is 9.49. The van der Waals surface area contributed by atoms with Gasteiger partial charge < -0.3 is 4.74 Å². The Morgan fingerprint density at radius 3 is 2.70 bits per heavy atom. The van der Waals surface area contributed by atoms with Crippen molar-refractivity contribution in [1.29, 1.82) is 0 Å². The fraction of sp³-hybridized carbons (Fsp3) is 0.571. The van der Waals surface area contributed by atoms with E-state index in [0.717, 1.165) is 19.3 Å². The summed E-state index contributed by atoms with van der Waals surface area (Å²) in [5.74, 6) is 1.50. The van der Waals surface area contributed by atoms with Crippen LogP contribution in [0.2, 0.25) is 5.02 Å². The first-order valence-electron chi connectivity index (χ1n) is 6.85. The molecule has 0 heterocycles. The second-order valence-corrected chi connectivity index (χ2v) is 7.82. The van der Waals surface area contributed by atoms with Crippen molar-refractivity contribution in [3.8, 4) is 5.75 Å². The van der Waals surface area contributed by atoms with Gasteiger partial charge in [0.2, 0.25) is 10.0 Å². The number of hydrogen-bond acceptors (Lipinski definition) is 3. The van der Waals surface area contributed by atoms with Gasteiger partial charge in [-0.2, -0.15) is 0 Å². The molecule has 0 radical (unpaired) electrons. The molecule has 2 fully saturated rings. The SMILES string of the molecule is COc1ccc(Cl)cc1S(=O)(=O)N[C@@H]1C[C@H]2CC[C@H]1C2. The molecule has 20 heavy (non-hydrogen) atoms. The number of benzene rings is 1. The number of rotatable bonds is 4. The number of fused-ring (bicyclic) bond motifs is 2. The third-order valence-electron chi connectivity index (χ3n) is 4.46. The lowest BCUT2D eigenvalue weighted by Gasteiger charge is -2.23. The third kappa shape index (κ3) is 2.54. The van der Waals surface area contributed by atoms with Crippen LogP contribution in [-0.4, -0.2) is 21.6 Å². The zero-order valence-corrected chi connectivity index (χ0v) is 12.9. The molecule has 1 aromatic rings. The fourth-order valence-electron chi connectivity index (χ4n) is 3.51. The van der Waals surface area contributed by atoms with Crippen molar-refractivity contribution in [2.24, 2.45) is 11.8 Å². The molecule has 1 aromatic carbocycles. The van der Waals surface area contributed by atoms with Gasteiger partial charge in [-0.3, -0.25) is 0 Å². The maximum absolute atomic E-state index is 12.5. The van der Waals surface area contributed by atoms with Gasteiger partial charge in [-0.05, 0) is 49.3 Å². The Morgan fingerprint density at radius 2 is 2.10 bits per heavy atom. The number of sulfonamides is 1. The predicted molar refractivity (Wildman–Crippen MR) is 77.6 cm³/mol. The number of nitrogens with one attached hydrogen (secondary N) is 1. The molecule has 0 aliphatic heterocycles.